The van der Waals surface area contributed by atoms with Gasteiger partial charge in [-0.1, -0.05) is 34.6 Å². The van der Waals surface area contributed by atoms with E-state index in [4.69, 9.17) is 0 Å². The maximum atomic E-state index is 12.5. The first-order chi connectivity index (χ1) is 14.1. The largest absolute Gasteiger partial charge is 0.346 e. The van der Waals surface area contributed by atoms with E-state index in [1.54, 1.807) is 0 Å². The summed E-state index contributed by atoms with van der Waals surface area (Å²) >= 11 is 0. The molecule has 2 heterocycles. The minimum absolute atomic E-state index is 0.159. The van der Waals surface area contributed by atoms with Crippen LogP contribution in [0.1, 0.15) is 79.6 Å². The lowest BCUT2D eigenvalue weighted by Crippen LogP contribution is -2.59. The van der Waals surface area contributed by atoms with Crippen molar-refractivity contribution in [1.29, 1.82) is 0 Å². The molecule has 3 fully saturated rings. The molecule has 3 aliphatic rings. The number of hydrogen-bond donors (Lipinski definition) is 1. The Hall–Kier alpha value is -1.10. The van der Waals surface area contributed by atoms with Crippen molar-refractivity contribution in [3.63, 3.8) is 0 Å². The van der Waals surface area contributed by atoms with Gasteiger partial charge in [0.15, 0.2) is 0 Å². The number of nitrogens with one attached hydrogen (secondary N) is 1. The number of piperidine rings is 1. The minimum Gasteiger partial charge on any atom is -0.346 e. The van der Waals surface area contributed by atoms with Crippen LogP contribution in [0.25, 0.3) is 0 Å². The molecule has 0 spiro atoms. The second-order valence-electron chi connectivity index (χ2n) is 11.8. The third-order valence-corrected chi connectivity index (χ3v) is 7.89. The van der Waals surface area contributed by atoms with Crippen molar-refractivity contribution in [3.8, 4) is 0 Å². The third-order valence-electron chi connectivity index (χ3n) is 7.89. The fourth-order valence-electron chi connectivity index (χ4n) is 5.89. The lowest BCUT2D eigenvalue weighted by atomic mass is 9.70. The van der Waals surface area contributed by atoms with Crippen LogP contribution < -0.4 is 5.32 Å². The van der Waals surface area contributed by atoms with Gasteiger partial charge < -0.3 is 15.1 Å². The van der Waals surface area contributed by atoms with E-state index in [0.29, 0.717) is 23.8 Å². The summed E-state index contributed by atoms with van der Waals surface area (Å²) in [5.74, 6) is 2.07. The van der Waals surface area contributed by atoms with Crippen LogP contribution in [0, 0.1) is 29.1 Å². The highest BCUT2D eigenvalue weighted by molar-refractivity contribution is 6.35. The molecule has 1 atom stereocenters. The smallest absolute Gasteiger partial charge is 0.312 e. The van der Waals surface area contributed by atoms with Gasteiger partial charge in [-0.15, -0.1) is 0 Å². The SMILES string of the molecule is CC(C)C[C@H]1CNC(=O)C(=O)N1CC1CCN(CC2CCC(C(C)(C)C)CC2)CC1. The predicted octanol–water partition coefficient (Wildman–Crippen LogP) is 3.92. The lowest BCUT2D eigenvalue weighted by molar-refractivity contribution is -0.151. The van der Waals surface area contributed by atoms with Crippen molar-refractivity contribution < 1.29 is 9.59 Å². The van der Waals surface area contributed by atoms with Crippen LogP contribution in [-0.2, 0) is 9.59 Å². The van der Waals surface area contributed by atoms with Gasteiger partial charge in [0.05, 0.1) is 0 Å². The molecule has 1 saturated carbocycles. The predicted molar refractivity (Wildman–Crippen MR) is 122 cm³/mol. The molecular formula is C25H45N3O2. The van der Waals surface area contributed by atoms with Crippen molar-refractivity contribution in [1.82, 2.24) is 15.1 Å². The molecule has 3 rings (SSSR count). The summed E-state index contributed by atoms with van der Waals surface area (Å²) in [6.07, 6.45) is 8.81. The average Bonchev–Trinajstić information content (AvgIpc) is 2.68. The van der Waals surface area contributed by atoms with Gasteiger partial charge in [0.1, 0.15) is 0 Å². The highest BCUT2D eigenvalue weighted by atomic mass is 16.2. The monoisotopic (exact) mass is 419 g/mol. The molecule has 0 aromatic rings. The molecule has 1 aliphatic carbocycles. The summed E-state index contributed by atoms with van der Waals surface area (Å²) in [4.78, 5) is 29.0. The Balaban J connectivity index is 1.44. The van der Waals surface area contributed by atoms with Gasteiger partial charge in [-0.3, -0.25) is 9.59 Å². The number of amides is 2. The molecule has 2 aliphatic heterocycles. The number of carbonyl (C=O) groups is 2. The van der Waals surface area contributed by atoms with Gasteiger partial charge in [-0.25, -0.2) is 0 Å². The molecule has 1 N–H and O–H groups in total. The van der Waals surface area contributed by atoms with Crippen LogP contribution in [0.2, 0.25) is 0 Å². The van der Waals surface area contributed by atoms with Gasteiger partial charge in [0, 0.05) is 25.7 Å². The molecule has 0 aromatic carbocycles. The summed E-state index contributed by atoms with van der Waals surface area (Å²) < 4.78 is 0. The van der Waals surface area contributed by atoms with Gasteiger partial charge in [0.25, 0.3) is 0 Å². The minimum atomic E-state index is -0.418. The second kappa shape index (κ2) is 10.0. The highest BCUT2D eigenvalue weighted by Crippen LogP contribution is 2.40. The number of nitrogens with zero attached hydrogens (tertiary/aromatic N) is 2. The number of rotatable bonds is 6. The number of likely N-dealkylation sites (tertiary alicyclic amines) is 1. The lowest BCUT2D eigenvalue weighted by Gasteiger charge is -2.42. The third kappa shape index (κ3) is 6.21. The Morgan fingerprint density at radius 2 is 1.53 bits per heavy atom. The Bertz CT molecular complexity index is 582. The van der Waals surface area contributed by atoms with Gasteiger partial charge in [-0.2, -0.15) is 0 Å². The van der Waals surface area contributed by atoms with Crippen LogP contribution in [0.5, 0.6) is 0 Å². The van der Waals surface area contributed by atoms with E-state index in [9.17, 15) is 9.59 Å². The quantitative estimate of drug-likeness (QED) is 0.664. The molecule has 2 saturated heterocycles. The molecule has 0 radical (unpaired) electrons. The molecule has 172 valence electrons. The molecule has 0 aromatic heterocycles. The van der Waals surface area contributed by atoms with Crippen molar-refractivity contribution in [2.75, 3.05) is 32.7 Å². The number of hydrogen-bond acceptors (Lipinski definition) is 3. The van der Waals surface area contributed by atoms with Crippen molar-refractivity contribution >= 4 is 11.8 Å². The Kier molecular flexibility index (Phi) is 7.86. The van der Waals surface area contributed by atoms with Crippen LogP contribution in [-0.4, -0.2) is 60.4 Å². The van der Waals surface area contributed by atoms with E-state index in [2.05, 4.69) is 44.8 Å². The summed E-state index contributed by atoms with van der Waals surface area (Å²) in [5.41, 5.74) is 0.458. The van der Waals surface area contributed by atoms with Crippen molar-refractivity contribution in [2.24, 2.45) is 29.1 Å². The summed E-state index contributed by atoms with van der Waals surface area (Å²) in [7, 11) is 0. The maximum absolute atomic E-state index is 12.5. The van der Waals surface area contributed by atoms with Crippen LogP contribution >= 0.6 is 0 Å². The molecule has 2 amide bonds. The van der Waals surface area contributed by atoms with Gasteiger partial charge in [-0.05, 0) is 87.1 Å². The van der Waals surface area contributed by atoms with E-state index >= 15 is 0 Å². The van der Waals surface area contributed by atoms with Crippen LogP contribution in [0.4, 0.5) is 0 Å². The summed E-state index contributed by atoms with van der Waals surface area (Å²) in [6.45, 7) is 16.5. The standard InChI is InChI=1S/C25H45N3O2/c1-18(2)14-22-15-26-23(29)24(30)28(22)17-20-10-12-27(13-11-20)16-19-6-8-21(9-7-19)25(3,4)5/h18-22H,6-17H2,1-5H3,(H,26,29)/t19?,21?,22-/m0/s1. The Morgan fingerprint density at radius 1 is 0.933 bits per heavy atom. The molecule has 5 heteroatoms. The van der Waals surface area contributed by atoms with E-state index in [1.807, 2.05) is 4.90 Å². The first-order valence-electron chi connectivity index (χ1n) is 12.4. The number of piperazine rings is 1. The zero-order chi connectivity index (χ0) is 21.9. The Labute approximate surface area is 184 Å². The fraction of sp³-hybridized carbons (Fsp3) is 0.920. The molecule has 30 heavy (non-hydrogen) atoms. The normalized spacial score (nSPS) is 30.1. The Morgan fingerprint density at radius 3 is 2.10 bits per heavy atom. The zero-order valence-corrected chi connectivity index (χ0v) is 20.1. The highest BCUT2D eigenvalue weighted by Gasteiger charge is 2.36. The van der Waals surface area contributed by atoms with Crippen molar-refractivity contribution in [3.05, 3.63) is 0 Å². The number of carbonyl (C=O) groups excluding carboxylic acids is 2. The molecule has 5 nitrogen and oxygen atoms in total. The van der Waals surface area contributed by atoms with Gasteiger partial charge in [0.2, 0.25) is 0 Å². The average molecular weight is 420 g/mol. The van der Waals surface area contributed by atoms with Crippen molar-refractivity contribution in [2.45, 2.75) is 85.6 Å². The van der Waals surface area contributed by atoms with Crippen LogP contribution in [0.15, 0.2) is 0 Å². The van der Waals surface area contributed by atoms with E-state index < -0.39 is 5.91 Å². The van der Waals surface area contributed by atoms with Crippen LogP contribution in [0.3, 0.4) is 0 Å². The van der Waals surface area contributed by atoms with E-state index in [1.165, 1.54) is 32.2 Å². The van der Waals surface area contributed by atoms with E-state index in [0.717, 1.165) is 50.7 Å². The summed E-state index contributed by atoms with van der Waals surface area (Å²) in [6, 6.07) is 0.159. The summed E-state index contributed by atoms with van der Waals surface area (Å²) in [5, 5.41) is 2.78. The van der Waals surface area contributed by atoms with Gasteiger partial charge >= 0.3 is 11.8 Å². The first-order valence-corrected chi connectivity index (χ1v) is 12.4. The molecule has 0 bridgehead atoms. The molecular weight excluding hydrogens is 374 g/mol. The van der Waals surface area contributed by atoms with E-state index in [-0.39, 0.29) is 11.9 Å². The topological polar surface area (TPSA) is 52.7 Å². The zero-order valence-electron chi connectivity index (χ0n) is 20.1. The fourth-order valence-corrected chi connectivity index (χ4v) is 5.89. The maximum Gasteiger partial charge on any atom is 0.312 e. The molecule has 0 unspecified atom stereocenters. The first kappa shape index (κ1) is 23.6. The second-order valence-corrected chi connectivity index (χ2v) is 11.8.